The molecular weight excluding hydrogens is 180 g/mol. The predicted molar refractivity (Wildman–Crippen MR) is 44.6 cm³/mol. The van der Waals surface area contributed by atoms with Crippen LogP contribution in [0.15, 0.2) is 21.6 Å². The second-order valence-electron chi connectivity index (χ2n) is 1.84. The molecule has 12 heavy (non-hydrogen) atoms. The van der Waals surface area contributed by atoms with Crippen molar-refractivity contribution in [1.82, 2.24) is 0 Å². The van der Waals surface area contributed by atoms with E-state index in [9.17, 15) is 8.42 Å². The first-order valence-electron chi connectivity index (χ1n) is 3.54. The molecule has 0 fully saturated rings. The van der Waals surface area contributed by atoms with Crippen molar-refractivity contribution in [3.8, 4) is 0 Å². The van der Waals surface area contributed by atoms with E-state index in [1.54, 1.807) is 6.92 Å². The van der Waals surface area contributed by atoms with E-state index in [2.05, 4.69) is 4.42 Å². The molecule has 0 saturated heterocycles. The van der Waals surface area contributed by atoms with Crippen molar-refractivity contribution in [2.24, 2.45) is 0 Å². The summed E-state index contributed by atoms with van der Waals surface area (Å²) in [5.41, 5.74) is 0. The molecule has 0 bridgehead atoms. The maximum absolute atomic E-state index is 10.3. The number of aryl methyl sites for hydroxylation is 1. The van der Waals surface area contributed by atoms with Crippen LogP contribution in [0.2, 0.25) is 0 Å². The summed E-state index contributed by atoms with van der Waals surface area (Å²) in [7, 11) is -4.15. The Morgan fingerprint density at radius 3 is 2.00 bits per heavy atom. The zero-order valence-corrected chi connectivity index (χ0v) is 8.05. The van der Waals surface area contributed by atoms with Gasteiger partial charge in [-0.3, -0.25) is 4.55 Å². The normalized spacial score (nSPS) is 10.3. The van der Waals surface area contributed by atoms with E-state index in [1.165, 1.54) is 12.1 Å². The average molecular weight is 192 g/mol. The molecule has 0 atom stereocenters. The predicted octanol–water partition coefficient (Wildman–Crippen LogP) is 1.86. The summed E-state index contributed by atoms with van der Waals surface area (Å²) in [5, 5.41) is -0.412. The fourth-order valence-corrected chi connectivity index (χ4v) is 1.03. The lowest BCUT2D eigenvalue weighted by Crippen LogP contribution is -1.94. The van der Waals surface area contributed by atoms with Crippen molar-refractivity contribution in [2.75, 3.05) is 0 Å². The summed E-state index contributed by atoms with van der Waals surface area (Å²) in [4.78, 5) is 0. The lowest BCUT2D eigenvalue weighted by atomic mass is 10.5. The monoisotopic (exact) mass is 192 g/mol. The van der Waals surface area contributed by atoms with Crippen molar-refractivity contribution in [3.63, 3.8) is 0 Å². The number of furan rings is 1. The van der Waals surface area contributed by atoms with Crippen molar-refractivity contribution in [2.45, 2.75) is 25.9 Å². The molecule has 1 aromatic heterocycles. The van der Waals surface area contributed by atoms with Crippen molar-refractivity contribution >= 4 is 10.1 Å². The molecule has 0 aliphatic carbocycles. The number of hydrogen-bond acceptors (Lipinski definition) is 3. The van der Waals surface area contributed by atoms with Gasteiger partial charge in [0.1, 0.15) is 5.76 Å². The Morgan fingerprint density at radius 2 is 1.83 bits per heavy atom. The Hall–Kier alpha value is -0.810. The molecule has 70 valence electrons. The zero-order chi connectivity index (χ0) is 9.78. The first-order valence-corrected chi connectivity index (χ1v) is 4.98. The van der Waals surface area contributed by atoms with Crippen molar-refractivity contribution < 1.29 is 17.4 Å². The van der Waals surface area contributed by atoms with Crippen molar-refractivity contribution in [3.05, 3.63) is 17.9 Å². The molecule has 0 radical (unpaired) electrons. The Balaban J connectivity index is 0.000000561. The third-order valence-electron chi connectivity index (χ3n) is 0.970. The average Bonchev–Trinajstić information content (AvgIpc) is 2.39. The zero-order valence-electron chi connectivity index (χ0n) is 7.23. The molecule has 0 unspecified atom stereocenters. The van der Waals surface area contributed by atoms with Crippen LogP contribution in [0.1, 0.15) is 19.6 Å². The summed E-state index contributed by atoms with van der Waals surface area (Å²) < 4.78 is 33.6. The summed E-state index contributed by atoms with van der Waals surface area (Å²) in [6, 6.07) is 2.66. The van der Waals surface area contributed by atoms with E-state index >= 15 is 0 Å². The Bertz CT molecular complexity index is 323. The maximum atomic E-state index is 10.3. The lowest BCUT2D eigenvalue weighted by molar-refractivity contribution is 0.394. The second-order valence-corrected chi connectivity index (χ2v) is 3.19. The van der Waals surface area contributed by atoms with Crippen LogP contribution in [-0.2, 0) is 10.1 Å². The van der Waals surface area contributed by atoms with E-state index in [1.807, 2.05) is 13.8 Å². The highest BCUT2D eigenvalue weighted by Crippen LogP contribution is 2.11. The molecule has 0 aliphatic rings. The quantitative estimate of drug-likeness (QED) is 0.689. The SMILES string of the molecule is CC.Cc1ccc(S(=O)(=O)O)o1. The molecule has 4 nitrogen and oxygen atoms in total. The van der Waals surface area contributed by atoms with Gasteiger partial charge in [0.25, 0.3) is 0 Å². The van der Waals surface area contributed by atoms with Crippen LogP contribution in [0, 0.1) is 6.92 Å². The number of hydrogen-bond donors (Lipinski definition) is 1. The summed E-state index contributed by atoms with van der Waals surface area (Å²) in [5.74, 6) is 0.452. The first-order chi connectivity index (χ1) is 5.50. The molecule has 5 heteroatoms. The van der Waals surface area contributed by atoms with E-state index < -0.39 is 15.2 Å². The van der Waals surface area contributed by atoms with Gasteiger partial charge in [-0.15, -0.1) is 0 Å². The Morgan fingerprint density at radius 1 is 1.33 bits per heavy atom. The Labute approximate surface area is 72.0 Å². The van der Waals surface area contributed by atoms with Crippen LogP contribution in [0.3, 0.4) is 0 Å². The summed E-state index contributed by atoms with van der Waals surface area (Å²) >= 11 is 0. The topological polar surface area (TPSA) is 67.5 Å². The van der Waals surface area contributed by atoms with Gasteiger partial charge >= 0.3 is 10.1 Å². The third kappa shape index (κ3) is 3.06. The minimum atomic E-state index is -4.15. The summed E-state index contributed by atoms with van der Waals surface area (Å²) in [6.07, 6.45) is 0. The molecule has 0 spiro atoms. The van der Waals surface area contributed by atoms with Gasteiger partial charge in [0.15, 0.2) is 0 Å². The highest BCUT2D eigenvalue weighted by Gasteiger charge is 2.12. The Kier molecular flexibility index (Phi) is 3.99. The van der Waals surface area contributed by atoms with Crippen molar-refractivity contribution in [1.29, 1.82) is 0 Å². The molecule has 0 saturated carbocycles. The van der Waals surface area contributed by atoms with Gasteiger partial charge < -0.3 is 4.42 Å². The van der Waals surface area contributed by atoms with Crippen LogP contribution in [0.4, 0.5) is 0 Å². The molecule has 1 N–H and O–H groups in total. The van der Waals surface area contributed by atoms with Gasteiger partial charge in [-0.2, -0.15) is 8.42 Å². The van der Waals surface area contributed by atoms with Crippen LogP contribution in [0.5, 0.6) is 0 Å². The highest BCUT2D eigenvalue weighted by atomic mass is 32.2. The molecule has 1 aromatic rings. The largest absolute Gasteiger partial charge is 0.448 e. The van der Waals surface area contributed by atoms with Crippen LogP contribution < -0.4 is 0 Å². The summed E-state index contributed by atoms with van der Waals surface area (Å²) in [6.45, 7) is 5.59. The van der Waals surface area contributed by atoms with Crippen LogP contribution in [0.25, 0.3) is 0 Å². The smallest absolute Gasteiger partial charge is 0.328 e. The van der Waals surface area contributed by atoms with E-state index in [4.69, 9.17) is 4.55 Å². The second kappa shape index (κ2) is 4.27. The van der Waals surface area contributed by atoms with Crippen LogP contribution in [-0.4, -0.2) is 13.0 Å². The fraction of sp³-hybridized carbons (Fsp3) is 0.429. The molecule has 0 aromatic carbocycles. The minimum absolute atomic E-state index is 0.412. The van der Waals surface area contributed by atoms with Gasteiger partial charge in [0.2, 0.25) is 5.09 Å². The van der Waals surface area contributed by atoms with Gasteiger partial charge in [0, 0.05) is 0 Å². The van der Waals surface area contributed by atoms with Gasteiger partial charge in [-0.05, 0) is 19.1 Å². The maximum Gasteiger partial charge on any atom is 0.328 e. The third-order valence-corrected chi connectivity index (χ3v) is 1.70. The minimum Gasteiger partial charge on any atom is -0.448 e. The van der Waals surface area contributed by atoms with Gasteiger partial charge in [-0.1, -0.05) is 13.8 Å². The van der Waals surface area contributed by atoms with E-state index in [-0.39, 0.29) is 0 Å². The molecular formula is C7H12O4S. The molecule has 0 amide bonds. The standard InChI is InChI=1S/C5H6O4S.C2H6/c1-4-2-3-5(9-4)10(6,7)8;1-2/h2-3H,1H3,(H,6,7,8);1-2H3. The lowest BCUT2D eigenvalue weighted by Gasteiger charge is -1.86. The first kappa shape index (κ1) is 11.2. The molecule has 0 aliphatic heterocycles. The molecule has 1 rings (SSSR count). The highest BCUT2D eigenvalue weighted by molar-refractivity contribution is 7.85. The van der Waals surface area contributed by atoms with Gasteiger partial charge in [0.05, 0.1) is 0 Å². The van der Waals surface area contributed by atoms with Gasteiger partial charge in [-0.25, -0.2) is 0 Å². The van der Waals surface area contributed by atoms with E-state index in [0.717, 1.165) is 0 Å². The van der Waals surface area contributed by atoms with E-state index in [0.29, 0.717) is 5.76 Å². The number of rotatable bonds is 1. The molecule has 1 heterocycles. The van der Waals surface area contributed by atoms with Crippen LogP contribution >= 0.6 is 0 Å². The fourth-order valence-electron chi connectivity index (χ4n) is 0.551.